The Morgan fingerprint density at radius 2 is 1.58 bits per heavy atom. The Morgan fingerprint density at radius 1 is 0.833 bits per heavy atom. The number of urea groups is 1. The average Bonchev–Trinajstić information content (AvgIpc) is 3.43. The number of nitrogens with one attached hydrogen (secondary N) is 5. The van der Waals surface area contributed by atoms with Crippen LogP contribution >= 0.6 is 0 Å². The van der Waals surface area contributed by atoms with Gasteiger partial charge in [-0.3, -0.25) is 4.79 Å². The van der Waals surface area contributed by atoms with Gasteiger partial charge in [-0.2, -0.15) is 0 Å². The van der Waals surface area contributed by atoms with Gasteiger partial charge in [-0.15, -0.1) is 0 Å². The molecule has 4 aromatic rings. The smallest absolute Gasteiger partial charge is 0.323 e. The Bertz CT molecular complexity index is 1480. The van der Waals surface area contributed by atoms with Crippen molar-refractivity contribution in [2.24, 2.45) is 0 Å². The normalized spacial score (nSPS) is 13.3. The van der Waals surface area contributed by atoms with Crippen LogP contribution in [-0.4, -0.2) is 16.9 Å². The van der Waals surface area contributed by atoms with E-state index in [4.69, 9.17) is 0 Å². The summed E-state index contributed by atoms with van der Waals surface area (Å²) in [7, 11) is 0. The van der Waals surface area contributed by atoms with Gasteiger partial charge in [-0.25, -0.2) is 4.79 Å². The quantitative estimate of drug-likeness (QED) is 0.204. The van der Waals surface area contributed by atoms with Crippen molar-refractivity contribution < 1.29 is 9.59 Å². The van der Waals surface area contributed by atoms with Gasteiger partial charge in [0, 0.05) is 40.2 Å². The summed E-state index contributed by atoms with van der Waals surface area (Å²) >= 11 is 0. The molecule has 0 aliphatic carbocycles. The van der Waals surface area contributed by atoms with Crippen molar-refractivity contribution in [1.82, 2.24) is 4.98 Å². The van der Waals surface area contributed by atoms with E-state index in [1.165, 1.54) is 0 Å². The number of aromatic nitrogens is 1. The van der Waals surface area contributed by atoms with Crippen molar-refractivity contribution in [2.75, 3.05) is 21.3 Å². The minimum absolute atomic E-state index is 0.131. The number of fused-ring (bicyclic) bond motifs is 1. The van der Waals surface area contributed by atoms with E-state index in [9.17, 15) is 9.59 Å². The van der Waals surface area contributed by atoms with Gasteiger partial charge >= 0.3 is 6.03 Å². The SMILES string of the molecule is Cc1cc(C)cc(NC(=O)Nc2ccc(C)c(Nc3ccc4c(c3)NC(=O)/C4=C\c3ccc[nH]3)c2)c1. The lowest BCUT2D eigenvalue weighted by molar-refractivity contribution is -0.110. The topological polar surface area (TPSA) is 98.0 Å². The van der Waals surface area contributed by atoms with E-state index in [1.54, 1.807) is 0 Å². The highest BCUT2D eigenvalue weighted by atomic mass is 16.2. The zero-order valence-corrected chi connectivity index (χ0v) is 20.3. The number of anilines is 5. The Kier molecular flexibility index (Phi) is 6.04. The van der Waals surface area contributed by atoms with Crippen LogP contribution in [0, 0.1) is 20.8 Å². The maximum Gasteiger partial charge on any atom is 0.323 e. The standard InChI is InChI=1S/C29H27N5O2/c1-17-11-18(2)13-23(12-17)33-29(36)32-22-7-6-19(3)26(15-22)31-21-8-9-24-25(14-20-5-4-10-30-20)28(35)34-27(24)16-21/h4-16,30-31H,1-3H3,(H,34,35)(H2,32,33,36)/b25-14-. The zero-order valence-electron chi connectivity index (χ0n) is 20.3. The average molecular weight is 478 g/mol. The van der Waals surface area contributed by atoms with Crippen LogP contribution in [-0.2, 0) is 4.79 Å². The third-order valence-electron chi connectivity index (χ3n) is 5.98. The number of aromatic amines is 1. The van der Waals surface area contributed by atoms with Gasteiger partial charge < -0.3 is 26.3 Å². The van der Waals surface area contributed by atoms with Crippen LogP contribution in [0.2, 0.25) is 0 Å². The van der Waals surface area contributed by atoms with E-state index >= 15 is 0 Å². The molecule has 5 rings (SSSR count). The molecule has 0 fully saturated rings. The third-order valence-corrected chi connectivity index (χ3v) is 5.98. The van der Waals surface area contributed by atoms with Crippen LogP contribution in [0.3, 0.4) is 0 Å². The lowest BCUT2D eigenvalue weighted by Gasteiger charge is -2.14. The number of H-pyrrole nitrogens is 1. The zero-order chi connectivity index (χ0) is 25.2. The molecule has 1 aliphatic rings. The Balaban J connectivity index is 1.31. The van der Waals surface area contributed by atoms with Gasteiger partial charge in [0.25, 0.3) is 5.91 Å². The van der Waals surface area contributed by atoms with Gasteiger partial charge in [0.1, 0.15) is 0 Å². The maximum atomic E-state index is 12.6. The molecule has 0 atom stereocenters. The fourth-order valence-electron chi connectivity index (χ4n) is 4.34. The molecule has 7 heteroatoms. The molecule has 1 aliphatic heterocycles. The fourth-order valence-corrected chi connectivity index (χ4v) is 4.34. The monoisotopic (exact) mass is 477 g/mol. The minimum atomic E-state index is -0.309. The summed E-state index contributed by atoms with van der Waals surface area (Å²) in [6.45, 7) is 5.99. The molecule has 2 heterocycles. The van der Waals surface area contributed by atoms with Crippen LogP contribution in [0.5, 0.6) is 0 Å². The first-order chi connectivity index (χ1) is 17.3. The number of rotatable bonds is 5. The van der Waals surface area contributed by atoms with Crippen molar-refractivity contribution >= 4 is 52.0 Å². The molecule has 36 heavy (non-hydrogen) atoms. The maximum absolute atomic E-state index is 12.6. The number of hydrogen-bond donors (Lipinski definition) is 5. The number of carbonyl (C=O) groups excluding carboxylic acids is 2. The second-order valence-corrected chi connectivity index (χ2v) is 9.01. The molecule has 0 bridgehead atoms. The number of hydrogen-bond acceptors (Lipinski definition) is 3. The molecule has 0 saturated carbocycles. The summed E-state index contributed by atoms with van der Waals surface area (Å²) in [5, 5.41) is 12.1. The summed E-state index contributed by atoms with van der Waals surface area (Å²) in [5.74, 6) is -0.131. The molecule has 3 aromatic carbocycles. The van der Waals surface area contributed by atoms with Crippen LogP contribution in [0.15, 0.2) is 72.9 Å². The lowest BCUT2D eigenvalue weighted by Crippen LogP contribution is -2.19. The van der Waals surface area contributed by atoms with Crippen molar-refractivity contribution in [3.63, 3.8) is 0 Å². The van der Waals surface area contributed by atoms with Gasteiger partial charge in [0.05, 0.1) is 11.3 Å². The molecule has 3 amide bonds. The van der Waals surface area contributed by atoms with Crippen LogP contribution in [0.1, 0.15) is 27.9 Å². The molecular formula is C29H27N5O2. The Morgan fingerprint density at radius 3 is 2.33 bits per heavy atom. The van der Waals surface area contributed by atoms with Gasteiger partial charge in [0.15, 0.2) is 0 Å². The van der Waals surface area contributed by atoms with Crippen LogP contribution in [0.25, 0.3) is 11.6 Å². The molecular weight excluding hydrogens is 450 g/mol. The number of amides is 3. The third kappa shape index (κ3) is 5.00. The molecule has 5 N–H and O–H groups in total. The molecule has 0 unspecified atom stereocenters. The van der Waals surface area contributed by atoms with Crippen LogP contribution in [0.4, 0.5) is 33.2 Å². The summed E-state index contributed by atoms with van der Waals surface area (Å²) in [4.78, 5) is 28.2. The van der Waals surface area contributed by atoms with E-state index in [-0.39, 0.29) is 11.9 Å². The minimum Gasteiger partial charge on any atom is -0.362 e. The van der Waals surface area contributed by atoms with Crippen molar-refractivity contribution in [2.45, 2.75) is 20.8 Å². The van der Waals surface area contributed by atoms with E-state index < -0.39 is 0 Å². The molecule has 0 radical (unpaired) electrons. The predicted octanol–water partition coefficient (Wildman–Crippen LogP) is 6.82. The summed E-state index contributed by atoms with van der Waals surface area (Å²) < 4.78 is 0. The summed E-state index contributed by atoms with van der Waals surface area (Å²) in [6.07, 6.45) is 3.67. The van der Waals surface area contributed by atoms with E-state index in [2.05, 4.69) is 32.3 Å². The Labute approximate surface area is 209 Å². The number of benzene rings is 3. The Hall–Kier alpha value is -4.78. The first-order valence-electron chi connectivity index (χ1n) is 11.7. The van der Waals surface area contributed by atoms with Crippen molar-refractivity contribution in [1.29, 1.82) is 0 Å². The summed E-state index contributed by atoms with van der Waals surface area (Å²) in [6, 6.07) is 20.9. The first kappa shape index (κ1) is 23.0. The van der Waals surface area contributed by atoms with Crippen molar-refractivity contribution in [3.05, 3.63) is 101 Å². The highest BCUT2D eigenvalue weighted by Crippen LogP contribution is 2.36. The fraction of sp³-hybridized carbons (Fsp3) is 0.103. The largest absolute Gasteiger partial charge is 0.362 e. The van der Waals surface area contributed by atoms with Gasteiger partial charge in [0.2, 0.25) is 0 Å². The molecule has 0 saturated heterocycles. The number of carbonyl (C=O) groups is 2. The second kappa shape index (κ2) is 9.46. The lowest BCUT2D eigenvalue weighted by atomic mass is 10.1. The highest BCUT2D eigenvalue weighted by Gasteiger charge is 2.24. The molecule has 1 aromatic heterocycles. The van der Waals surface area contributed by atoms with Crippen molar-refractivity contribution in [3.8, 4) is 0 Å². The van der Waals surface area contributed by atoms with Gasteiger partial charge in [-0.1, -0.05) is 18.2 Å². The van der Waals surface area contributed by atoms with E-state index in [1.807, 2.05) is 93.7 Å². The molecule has 180 valence electrons. The first-order valence-corrected chi connectivity index (χ1v) is 11.7. The molecule has 7 nitrogen and oxygen atoms in total. The summed E-state index contributed by atoms with van der Waals surface area (Å²) in [5.41, 5.74) is 9.39. The van der Waals surface area contributed by atoms with Crippen LogP contribution < -0.4 is 21.3 Å². The predicted molar refractivity (Wildman–Crippen MR) is 147 cm³/mol. The number of aryl methyl sites for hydroxylation is 3. The second-order valence-electron chi connectivity index (χ2n) is 9.01. The van der Waals surface area contributed by atoms with E-state index in [0.717, 1.165) is 50.7 Å². The molecule has 0 spiro atoms. The highest BCUT2D eigenvalue weighted by molar-refractivity contribution is 6.35. The van der Waals surface area contributed by atoms with E-state index in [0.29, 0.717) is 11.3 Å². The van der Waals surface area contributed by atoms with Gasteiger partial charge in [-0.05, 0) is 92.1 Å².